The lowest BCUT2D eigenvalue weighted by Crippen LogP contribution is -2.52. The van der Waals surface area contributed by atoms with Crippen molar-refractivity contribution >= 4 is 5.91 Å². The molecule has 2 aliphatic rings. The Kier molecular flexibility index (Phi) is 5.44. The summed E-state index contributed by atoms with van der Waals surface area (Å²) in [5.74, 6) is 0.443. The summed E-state index contributed by atoms with van der Waals surface area (Å²) in [6.45, 7) is 6.09. The first-order valence-corrected chi connectivity index (χ1v) is 8.25. The van der Waals surface area contributed by atoms with Gasteiger partial charge in [-0.05, 0) is 59.3 Å². The molecule has 20 heavy (non-hydrogen) atoms. The summed E-state index contributed by atoms with van der Waals surface area (Å²) in [5.41, 5.74) is -0.0645. The smallest absolute Gasteiger partial charge is 0.228 e. The molecule has 2 heterocycles. The minimum atomic E-state index is -0.0645. The van der Waals surface area contributed by atoms with Crippen molar-refractivity contribution in [2.45, 2.75) is 51.5 Å². The number of piperidine rings is 2. The molecule has 0 aromatic carbocycles. The maximum absolute atomic E-state index is 13.0. The summed E-state index contributed by atoms with van der Waals surface area (Å²) in [7, 11) is 4.29. The van der Waals surface area contributed by atoms with E-state index in [1.165, 1.54) is 0 Å². The molecule has 2 aliphatic heterocycles. The van der Waals surface area contributed by atoms with Crippen LogP contribution in [-0.2, 0) is 4.79 Å². The third-order valence-electron chi connectivity index (χ3n) is 5.22. The second-order valence-electron chi connectivity index (χ2n) is 6.77. The molecular formula is C16H31N3O. The van der Waals surface area contributed by atoms with Crippen molar-refractivity contribution in [3.63, 3.8) is 0 Å². The molecule has 0 atom stereocenters. The number of rotatable bonds is 4. The second-order valence-corrected chi connectivity index (χ2v) is 6.77. The van der Waals surface area contributed by atoms with Crippen LogP contribution in [0, 0.1) is 5.41 Å². The molecule has 2 rings (SSSR count). The van der Waals surface area contributed by atoms with Gasteiger partial charge in [0.2, 0.25) is 5.91 Å². The molecule has 116 valence electrons. The number of hydrogen-bond acceptors (Lipinski definition) is 3. The van der Waals surface area contributed by atoms with Gasteiger partial charge in [-0.25, -0.2) is 0 Å². The lowest BCUT2D eigenvalue weighted by Gasteiger charge is -2.43. The predicted molar refractivity (Wildman–Crippen MR) is 82.7 cm³/mol. The lowest BCUT2D eigenvalue weighted by molar-refractivity contribution is -0.146. The third-order valence-corrected chi connectivity index (χ3v) is 5.22. The van der Waals surface area contributed by atoms with E-state index >= 15 is 0 Å². The van der Waals surface area contributed by atoms with Crippen molar-refractivity contribution in [2.24, 2.45) is 5.41 Å². The van der Waals surface area contributed by atoms with E-state index in [9.17, 15) is 4.79 Å². The zero-order valence-corrected chi connectivity index (χ0v) is 13.5. The first-order chi connectivity index (χ1) is 9.59. The molecule has 0 aromatic rings. The zero-order valence-electron chi connectivity index (χ0n) is 13.5. The molecule has 4 heteroatoms. The summed E-state index contributed by atoms with van der Waals surface area (Å²) >= 11 is 0. The van der Waals surface area contributed by atoms with Gasteiger partial charge in [0, 0.05) is 19.1 Å². The number of nitrogens with zero attached hydrogens (tertiary/aromatic N) is 2. The summed E-state index contributed by atoms with van der Waals surface area (Å²) in [6.07, 6.45) is 6.46. The lowest BCUT2D eigenvalue weighted by atomic mass is 9.74. The monoisotopic (exact) mass is 281 g/mol. The summed E-state index contributed by atoms with van der Waals surface area (Å²) < 4.78 is 0. The number of carbonyl (C=O) groups is 1. The summed E-state index contributed by atoms with van der Waals surface area (Å²) in [5, 5.41) is 3.40. The van der Waals surface area contributed by atoms with E-state index in [2.05, 4.69) is 36.1 Å². The first kappa shape index (κ1) is 15.8. The van der Waals surface area contributed by atoms with Crippen LogP contribution in [0.4, 0.5) is 0 Å². The van der Waals surface area contributed by atoms with E-state index < -0.39 is 0 Å². The molecule has 0 bridgehead atoms. The fourth-order valence-corrected chi connectivity index (χ4v) is 3.88. The van der Waals surface area contributed by atoms with Gasteiger partial charge < -0.3 is 15.1 Å². The molecule has 0 radical (unpaired) electrons. The van der Waals surface area contributed by atoms with Crippen molar-refractivity contribution in [3.05, 3.63) is 0 Å². The topological polar surface area (TPSA) is 35.6 Å². The van der Waals surface area contributed by atoms with Crippen LogP contribution >= 0.6 is 0 Å². The quantitative estimate of drug-likeness (QED) is 0.852. The number of carbonyl (C=O) groups excluding carboxylic acids is 1. The molecule has 4 nitrogen and oxygen atoms in total. The van der Waals surface area contributed by atoms with Crippen molar-refractivity contribution < 1.29 is 4.79 Å². The normalized spacial score (nSPS) is 24.1. The van der Waals surface area contributed by atoms with Crippen LogP contribution in [0.3, 0.4) is 0 Å². The van der Waals surface area contributed by atoms with Crippen LogP contribution in [-0.4, -0.2) is 62.0 Å². The van der Waals surface area contributed by atoms with Gasteiger partial charge in [-0.2, -0.15) is 0 Å². The Bertz CT molecular complexity index is 310. The van der Waals surface area contributed by atoms with Gasteiger partial charge in [0.1, 0.15) is 0 Å². The van der Waals surface area contributed by atoms with Gasteiger partial charge in [-0.15, -0.1) is 0 Å². The zero-order chi connectivity index (χ0) is 14.6. The van der Waals surface area contributed by atoms with Gasteiger partial charge in [0.05, 0.1) is 5.41 Å². The average molecular weight is 281 g/mol. The van der Waals surface area contributed by atoms with Crippen molar-refractivity contribution in [2.75, 3.05) is 40.3 Å². The number of likely N-dealkylation sites (tertiary alicyclic amines) is 1. The molecule has 0 saturated carbocycles. The third kappa shape index (κ3) is 3.34. The van der Waals surface area contributed by atoms with Gasteiger partial charge in [-0.1, -0.05) is 13.3 Å². The van der Waals surface area contributed by atoms with Crippen molar-refractivity contribution in [1.29, 1.82) is 0 Å². The van der Waals surface area contributed by atoms with Gasteiger partial charge >= 0.3 is 0 Å². The van der Waals surface area contributed by atoms with Gasteiger partial charge in [0.15, 0.2) is 0 Å². The van der Waals surface area contributed by atoms with Crippen LogP contribution in [0.1, 0.15) is 45.4 Å². The molecule has 2 fully saturated rings. The molecular weight excluding hydrogens is 250 g/mol. The van der Waals surface area contributed by atoms with E-state index in [1.807, 2.05) is 0 Å². The van der Waals surface area contributed by atoms with Crippen LogP contribution < -0.4 is 5.32 Å². The SMILES string of the molecule is CCCC1(C(=O)N2CCC(N(C)C)CC2)CCNCC1. The highest BCUT2D eigenvalue weighted by Gasteiger charge is 2.41. The highest BCUT2D eigenvalue weighted by molar-refractivity contribution is 5.83. The Morgan fingerprint density at radius 3 is 2.35 bits per heavy atom. The Morgan fingerprint density at radius 2 is 1.85 bits per heavy atom. The molecule has 0 unspecified atom stereocenters. The van der Waals surface area contributed by atoms with Crippen LogP contribution in [0.15, 0.2) is 0 Å². The first-order valence-electron chi connectivity index (χ1n) is 8.25. The summed E-state index contributed by atoms with van der Waals surface area (Å²) in [6, 6.07) is 0.647. The maximum Gasteiger partial charge on any atom is 0.228 e. The van der Waals surface area contributed by atoms with Crippen LogP contribution in [0.25, 0.3) is 0 Å². The Hall–Kier alpha value is -0.610. The van der Waals surface area contributed by atoms with E-state index in [4.69, 9.17) is 0 Å². The van der Waals surface area contributed by atoms with Crippen molar-refractivity contribution in [1.82, 2.24) is 15.1 Å². The molecule has 1 N–H and O–H groups in total. The Morgan fingerprint density at radius 1 is 1.25 bits per heavy atom. The Balaban J connectivity index is 1.98. The van der Waals surface area contributed by atoms with Crippen molar-refractivity contribution in [3.8, 4) is 0 Å². The highest BCUT2D eigenvalue weighted by atomic mass is 16.2. The maximum atomic E-state index is 13.0. The minimum Gasteiger partial charge on any atom is -0.342 e. The number of hydrogen-bond donors (Lipinski definition) is 1. The fourth-order valence-electron chi connectivity index (χ4n) is 3.88. The Labute approximate surface area is 123 Å². The molecule has 0 aliphatic carbocycles. The molecule has 2 saturated heterocycles. The van der Waals surface area contributed by atoms with E-state index in [-0.39, 0.29) is 5.41 Å². The average Bonchev–Trinajstić information content (AvgIpc) is 2.48. The van der Waals surface area contributed by atoms with Crippen LogP contribution in [0.5, 0.6) is 0 Å². The molecule has 0 spiro atoms. The van der Waals surface area contributed by atoms with E-state index in [1.54, 1.807) is 0 Å². The highest BCUT2D eigenvalue weighted by Crippen LogP contribution is 2.37. The molecule has 1 amide bonds. The van der Waals surface area contributed by atoms with Gasteiger partial charge in [0.25, 0.3) is 0 Å². The largest absolute Gasteiger partial charge is 0.342 e. The van der Waals surface area contributed by atoms with Crippen LogP contribution in [0.2, 0.25) is 0 Å². The van der Waals surface area contributed by atoms with Gasteiger partial charge in [-0.3, -0.25) is 4.79 Å². The second kappa shape index (κ2) is 6.90. The summed E-state index contributed by atoms with van der Waals surface area (Å²) in [4.78, 5) is 17.5. The standard InChI is InChI=1S/C16H31N3O/c1-4-7-16(8-10-17-11-9-16)15(20)19-12-5-14(6-13-19)18(2)3/h14,17H,4-13H2,1-3H3. The minimum absolute atomic E-state index is 0.0645. The number of nitrogens with one attached hydrogen (secondary N) is 1. The van der Waals surface area contributed by atoms with E-state index in [0.29, 0.717) is 11.9 Å². The molecule has 0 aromatic heterocycles. The number of amides is 1. The fraction of sp³-hybridized carbons (Fsp3) is 0.938. The predicted octanol–water partition coefficient (Wildman–Crippen LogP) is 1.71. The van der Waals surface area contributed by atoms with E-state index in [0.717, 1.165) is 64.7 Å².